The van der Waals surface area contributed by atoms with Crippen LogP contribution in [0.2, 0.25) is 0 Å². The summed E-state index contributed by atoms with van der Waals surface area (Å²) in [7, 11) is 1.69. The molecule has 0 saturated heterocycles. The van der Waals surface area contributed by atoms with E-state index in [1.807, 2.05) is 26.2 Å². The van der Waals surface area contributed by atoms with Crippen molar-refractivity contribution < 1.29 is 9.59 Å². The SMILES string of the molecule is C[C@@H]1CCc2c(C(=O)N(C)CC(=O)NC(C)(C)C)csc2C1. The number of carbonyl (C=O) groups is 2. The molecule has 1 N–H and O–H groups in total. The van der Waals surface area contributed by atoms with Crippen molar-refractivity contribution in [3.63, 3.8) is 0 Å². The maximum absolute atomic E-state index is 12.6. The number of amides is 2. The Morgan fingerprint density at radius 3 is 2.73 bits per heavy atom. The van der Waals surface area contributed by atoms with E-state index < -0.39 is 0 Å². The lowest BCUT2D eigenvalue weighted by molar-refractivity contribution is -0.122. The lowest BCUT2D eigenvalue weighted by Gasteiger charge is -2.24. The van der Waals surface area contributed by atoms with Gasteiger partial charge in [-0.2, -0.15) is 0 Å². The Morgan fingerprint density at radius 2 is 2.09 bits per heavy atom. The van der Waals surface area contributed by atoms with Crippen LogP contribution in [0.3, 0.4) is 0 Å². The zero-order valence-electron chi connectivity index (χ0n) is 14.2. The number of carbonyl (C=O) groups excluding carboxylic acids is 2. The van der Waals surface area contributed by atoms with Crippen LogP contribution in [0.15, 0.2) is 5.38 Å². The molecule has 1 heterocycles. The highest BCUT2D eigenvalue weighted by Crippen LogP contribution is 2.33. The van der Waals surface area contributed by atoms with Crippen LogP contribution in [0.5, 0.6) is 0 Å². The molecule has 1 aromatic heterocycles. The van der Waals surface area contributed by atoms with Crippen molar-refractivity contribution in [1.82, 2.24) is 10.2 Å². The minimum atomic E-state index is -0.279. The van der Waals surface area contributed by atoms with Crippen molar-refractivity contribution in [2.24, 2.45) is 5.92 Å². The predicted molar refractivity (Wildman–Crippen MR) is 90.4 cm³/mol. The average Bonchev–Trinajstić information content (AvgIpc) is 2.77. The van der Waals surface area contributed by atoms with Crippen molar-refractivity contribution in [2.45, 2.75) is 52.5 Å². The van der Waals surface area contributed by atoms with Crippen LogP contribution in [0.25, 0.3) is 0 Å². The van der Waals surface area contributed by atoms with Crippen molar-refractivity contribution in [3.8, 4) is 0 Å². The molecule has 0 unspecified atom stereocenters. The second-order valence-electron chi connectivity index (χ2n) is 7.36. The topological polar surface area (TPSA) is 49.4 Å². The Balaban J connectivity index is 2.04. The molecule has 1 aliphatic rings. The van der Waals surface area contributed by atoms with Crippen LogP contribution >= 0.6 is 11.3 Å². The quantitative estimate of drug-likeness (QED) is 0.930. The second-order valence-corrected chi connectivity index (χ2v) is 8.32. The molecule has 2 amide bonds. The van der Waals surface area contributed by atoms with Crippen LogP contribution in [0.4, 0.5) is 0 Å². The first-order valence-electron chi connectivity index (χ1n) is 7.83. The van der Waals surface area contributed by atoms with Gasteiger partial charge in [-0.25, -0.2) is 0 Å². The molecule has 1 aliphatic carbocycles. The van der Waals surface area contributed by atoms with Gasteiger partial charge in [0.05, 0.1) is 12.1 Å². The molecule has 122 valence electrons. The van der Waals surface area contributed by atoms with Crippen LogP contribution in [0, 0.1) is 5.92 Å². The van der Waals surface area contributed by atoms with Gasteiger partial charge in [-0.15, -0.1) is 11.3 Å². The van der Waals surface area contributed by atoms with Gasteiger partial charge in [-0.1, -0.05) is 6.92 Å². The van der Waals surface area contributed by atoms with Gasteiger partial charge in [-0.05, 0) is 51.5 Å². The summed E-state index contributed by atoms with van der Waals surface area (Å²) < 4.78 is 0. The normalized spacial score (nSPS) is 17.8. The standard InChI is InChI=1S/C17H26N2O2S/c1-11-6-7-12-13(10-22-14(12)8-11)16(21)19(5)9-15(20)18-17(2,3)4/h10-11H,6-9H2,1-5H3,(H,18,20)/t11-/m1/s1. The second kappa shape index (κ2) is 6.41. The van der Waals surface area contributed by atoms with Crippen LogP contribution in [0.1, 0.15) is 54.9 Å². The Labute approximate surface area is 136 Å². The van der Waals surface area contributed by atoms with Gasteiger partial charge in [0.1, 0.15) is 0 Å². The molecule has 4 nitrogen and oxygen atoms in total. The summed E-state index contributed by atoms with van der Waals surface area (Å²) >= 11 is 1.68. The van der Waals surface area contributed by atoms with E-state index in [-0.39, 0.29) is 23.9 Å². The molecule has 0 spiro atoms. The molecule has 1 atom stereocenters. The number of hydrogen-bond acceptors (Lipinski definition) is 3. The molecule has 0 bridgehead atoms. The Morgan fingerprint density at radius 1 is 1.41 bits per heavy atom. The minimum Gasteiger partial charge on any atom is -0.350 e. The molecule has 0 aliphatic heterocycles. The first kappa shape index (κ1) is 17.0. The zero-order chi connectivity index (χ0) is 16.5. The van der Waals surface area contributed by atoms with Crippen molar-refractivity contribution in [2.75, 3.05) is 13.6 Å². The van der Waals surface area contributed by atoms with Crippen LogP contribution < -0.4 is 5.32 Å². The first-order chi connectivity index (χ1) is 10.2. The molecule has 0 aromatic carbocycles. The highest BCUT2D eigenvalue weighted by Gasteiger charge is 2.26. The fourth-order valence-electron chi connectivity index (χ4n) is 2.81. The number of nitrogens with zero attached hydrogens (tertiary/aromatic N) is 1. The number of rotatable bonds is 3. The fourth-order valence-corrected chi connectivity index (χ4v) is 4.05. The third kappa shape index (κ3) is 4.09. The zero-order valence-corrected chi connectivity index (χ0v) is 15.0. The maximum atomic E-state index is 12.6. The minimum absolute atomic E-state index is 0.0453. The summed E-state index contributed by atoms with van der Waals surface area (Å²) in [6.07, 6.45) is 3.18. The van der Waals surface area contributed by atoms with Crippen LogP contribution in [-0.4, -0.2) is 35.8 Å². The van der Waals surface area contributed by atoms with Gasteiger partial charge < -0.3 is 10.2 Å². The first-order valence-corrected chi connectivity index (χ1v) is 8.71. The summed E-state index contributed by atoms with van der Waals surface area (Å²) in [6.45, 7) is 8.15. The molecular formula is C17H26N2O2S. The third-order valence-electron chi connectivity index (χ3n) is 3.87. The molecule has 5 heteroatoms. The lowest BCUT2D eigenvalue weighted by atomic mass is 9.88. The fraction of sp³-hybridized carbons (Fsp3) is 0.647. The van der Waals surface area contributed by atoms with E-state index in [1.165, 1.54) is 15.3 Å². The molecule has 0 saturated carbocycles. The number of thiophene rings is 1. The predicted octanol–water partition coefficient (Wildman–Crippen LogP) is 2.86. The summed E-state index contributed by atoms with van der Waals surface area (Å²) in [5.41, 5.74) is 1.72. The summed E-state index contributed by atoms with van der Waals surface area (Å²) in [5, 5.41) is 4.85. The molecule has 1 aromatic rings. The monoisotopic (exact) mass is 322 g/mol. The van der Waals surface area contributed by atoms with Gasteiger partial charge in [0.15, 0.2) is 0 Å². The van der Waals surface area contributed by atoms with E-state index in [0.29, 0.717) is 5.92 Å². The molecular weight excluding hydrogens is 296 g/mol. The molecule has 0 radical (unpaired) electrons. The summed E-state index contributed by atoms with van der Waals surface area (Å²) in [4.78, 5) is 27.4. The van der Waals surface area contributed by atoms with E-state index in [1.54, 1.807) is 18.4 Å². The Bertz CT molecular complexity index is 572. The summed E-state index contributed by atoms with van der Waals surface area (Å²) in [6, 6.07) is 0. The van der Waals surface area contributed by atoms with Gasteiger partial charge in [0.25, 0.3) is 5.91 Å². The number of fused-ring (bicyclic) bond motifs is 1. The lowest BCUT2D eigenvalue weighted by Crippen LogP contribution is -2.46. The number of likely N-dealkylation sites (N-methyl/N-ethyl adjacent to an activating group) is 1. The van der Waals surface area contributed by atoms with Crippen molar-refractivity contribution >= 4 is 23.2 Å². The highest BCUT2D eigenvalue weighted by molar-refractivity contribution is 7.10. The van der Waals surface area contributed by atoms with E-state index >= 15 is 0 Å². The van der Waals surface area contributed by atoms with Gasteiger partial charge >= 0.3 is 0 Å². The average molecular weight is 322 g/mol. The van der Waals surface area contributed by atoms with Crippen LogP contribution in [-0.2, 0) is 17.6 Å². The summed E-state index contributed by atoms with van der Waals surface area (Å²) in [5.74, 6) is 0.529. The molecule has 22 heavy (non-hydrogen) atoms. The molecule has 2 rings (SSSR count). The van der Waals surface area contributed by atoms with Crippen molar-refractivity contribution in [3.05, 3.63) is 21.4 Å². The molecule has 0 fully saturated rings. The smallest absolute Gasteiger partial charge is 0.255 e. The maximum Gasteiger partial charge on any atom is 0.255 e. The van der Waals surface area contributed by atoms with Gasteiger partial charge in [0.2, 0.25) is 5.91 Å². The van der Waals surface area contributed by atoms with Gasteiger partial charge in [-0.3, -0.25) is 9.59 Å². The van der Waals surface area contributed by atoms with E-state index in [0.717, 1.165) is 24.8 Å². The largest absolute Gasteiger partial charge is 0.350 e. The Kier molecular flexibility index (Phi) is 4.95. The third-order valence-corrected chi connectivity index (χ3v) is 4.93. The highest BCUT2D eigenvalue weighted by atomic mass is 32.1. The van der Waals surface area contributed by atoms with E-state index in [9.17, 15) is 9.59 Å². The van der Waals surface area contributed by atoms with E-state index in [4.69, 9.17) is 0 Å². The van der Waals surface area contributed by atoms with Gasteiger partial charge in [0, 0.05) is 22.8 Å². The number of nitrogens with one attached hydrogen (secondary N) is 1. The number of hydrogen-bond donors (Lipinski definition) is 1. The van der Waals surface area contributed by atoms with Crippen molar-refractivity contribution in [1.29, 1.82) is 0 Å². The van der Waals surface area contributed by atoms with E-state index in [2.05, 4.69) is 12.2 Å². The Hall–Kier alpha value is -1.36.